The molecule has 156 valence electrons. The topological polar surface area (TPSA) is 224 Å². The van der Waals surface area contributed by atoms with Gasteiger partial charge in [0.25, 0.3) is 10.2 Å². The van der Waals surface area contributed by atoms with Crippen LogP contribution >= 0.6 is 0 Å². The summed E-state index contributed by atoms with van der Waals surface area (Å²) in [5, 5.41) is 22.1. The average Bonchev–Trinajstić information content (AvgIpc) is 3.14. The largest absolute Gasteiger partial charge is 0.480 e. The lowest BCUT2D eigenvalue weighted by molar-refractivity contribution is -0.141. The van der Waals surface area contributed by atoms with Gasteiger partial charge in [-0.05, 0) is 6.92 Å². The van der Waals surface area contributed by atoms with Gasteiger partial charge in [-0.15, -0.1) is 0 Å². The highest BCUT2D eigenvalue weighted by Crippen LogP contribution is 2.22. The molecule has 2 aromatic rings. The Bertz CT molecular complexity index is 1010. The van der Waals surface area contributed by atoms with Crippen LogP contribution in [-0.2, 0) is 19.8 Å². The number of nitrogens with one attached hydrogen (secondary N) is 2. The van der Waals surface area contributed by atoms with E-state index < -0.39 is 51.7 Å². The molecule has 0 spiro atoms. The number of carboxylic acid groups (broad SMARTS) is 1. The minimum Gasteiger partial charge on any atom is -0.480 e. The van der Waals surface area contributed by atoms with Gasteiger partial charge in [-0.2, -0.15) is 22.8 Å². The van der Waals surface area contributed by atoms with Gasteiger partial charge in [-0.25, -0.2) is 4.98 Å². The molecule has 0 saturated heterocycles. The van der Waals surface area contributed by atoms with Crippen molar-refractivity contribution in [2.45, 2.75) is 25.1 Å². The molecule has 0 fully saturated rings. The molecule has 1 unspecified atom stereocenters. The average molecular weight is 427 g/mol. The number of amides is 1. The van der Waals surface area contributed by atoms with Crippen molar-refractivity contribution in [2.24, 2.45) is 5.73 Å². The number of nitrogens with zero attached hydrogens (tertiary/aromatic N) is 4. The van der Waals surface area contributed by atoms with E-state index in [2.05, 4.69) is 26.7 Å². The number of aliphatic hydroxyl groups excluding tert-OH is 1. The van der Waals surface area contributed by atoms with Crippen molar-refractivity contribution >= 4 is 22.1 Å². The zero-order valence-corrected chi connectivity index (χ0v) is 15.7. The number of hydrogen-bond acceptors (Lipinski definition) is 10. The lowest BCUT2D eigenvalue weighted by Gasteiger charge is -2.20. The lowest BCUT2D eigenvalue weighted by atomic mass is 10.1. The summed E-state index contributed by atoms with van der Waals surface area (Å²) in [5.41, 5.74) is 4.91. The van der Waals surface area contributed by atoms with E-state index in [9.17, 15) is 23.1 Å². The second-order valence-corrected chi connectivity index (χ2v) is 7.14. The van der Waals surface area contributed by atoms with Crippen molar-refractivity contribution in [3.05, 3.63) is 36.6 Å². The first-order valence-corrected chi connectivity index (χ1v) is 9.29. The van der Waals surface area contributed by atoms with Crippen LogP contribution in [0.3, 0.4) is 0 Å². The van der Waals surface area contributed by atoms with E-state index in [0.717, 1.165) is 6.92 Å². The van der Waals surface area contributed by atoms with Crippen LogP contribution in [0.1, 0.15) is 18.9 Å². The van der Waals surface area contributed by atoms with Crippen LogP contribution in [-0.4, -0.2) is 62.8 Å². The Morgan fingerprint density at radius 1 is 1.31 bits per heavy atom. The number of carbonyl (C=O) groups excluding carboxylic acids is 1. The SMILES string of the molecule is C=C(C(N)=O)[C@H](NS(=O)(=O)N[C@H](C(=O)O)C(C)O)c1nc(-c2cnccn2)no1. The maximum absolute atomic E-state index is 12.3. The summed E-state index contributed by atoms with van der Waals surface area (Å²) >= 11 is 0. The van der Waals surface area contributed by atoms with Crippen LogP contribution in [0.5, 0.6) is 0 Å². The molecular weight excluding hydrogens is 410 g/mol. The highest BCUT2D eigenvalue weighted by atomic mass is 32.2. The molecule has 6 N–H and O–H groups in total. The van der Waals surface area contributed by atoms with Crippen LogP contribution in [0.15, 0.2) is 35.3 Å². The number of hydrogen-bond donors (Lipinski definition) is 5. The zero-order chi connectivity index (χ0) is 21.8. The summed E-state index contributed by atoms with van der Waals surface area (Å²) in [4.78, 5) is 34.4. The molecule has 14 nitrogen and oxygen atoms in total. The van der Waals surface area contributed by atoms with E-state index in [1.54, 1.807) is 4.72 Å². The Balaban J connectivity index is 2.35. The fourth-order valence-corrected chi connectivity index (χ4v) is 3.25. The lowest BCUT2D eigenvalue weighted by Crippen LogP contribution is -2.52. The van der Waals surface area contributed by atoms with Crippen LogP contribution in [0, 0.1) is 0 Å². The number of aliphatic carboxylic acids is 1. The van der Waals surface area contributed by atoms with Crippen LogP contribution in [0.25, 0.3) is 11.5 Å². The number of aliphatic hydroxyl groups is 1. The monoisotopic (exact) mass is 427 g/mol. The molecule has 0 aliphatic heterocycles. The van der Waals surface area contributed by atoms with Gasteiger partial charge in [0.2, 0.25) is 17.6 Å². The summed E-state index contributed by atoms with van der Waals surface area (Å²) in [5.74, 6) is -3.18. The minimum atomic E-state index is -4.62. The molecule has 0 bridgehead atoms. The maximum atomic E-state index is 12.3. The van der Waals surface area contributed by atoms with E-state index in [0.29, 0.717) is 0 Å². The van der Waals surface area contributed by atoms with Crippen LogP contribution in [0.2, 0.25) is 0 Å². The molecular formula is C14H17N7O7S. The van der Waals surface area contributed by atoms with Gasteiger partial charge in [0.05, 0.1) is 12.3 Å². The van der Waals surface area contributed by atoms with Crippen LogP contribution in [0.4, 0.5) is 0 Å². The third kappa shape index (κ3) is 5.61. The Labute approximate surface area is 164 Å². The van der Waals surface area contributed by atoms with Crippen molar-refractivity contribution in [2.75, 3.05) is 0 Å². The third-order valence-corrected chi connectivity index (χ3v) is 4.56. The molecule has 0 radical (unpaired) electrons. The summed E-state index contributed by atoms with van der Waals surface area (Å²) < 4.78 is 33.3. The van der Waals surface area contributed by atoms with E-state index in [-0.39, 0.29) is 11.5 Å². The molecule has 0 aromatic carbocycles. The van der Waals surface area contributed by atoms with Gasteiger partial charge < -0.3 is 20.5 Å². The van der Waals surface area contributed by atoms with Crippen LogP contribution < -0.4 is 15.2 Å². The quantitative estimate of drug-likeness (QED) is 0.257. The number of primary amides is 1. The van der Waals surface area contributed by atoms with Crippen molar-refractivity contribution < 1.29 is 32.7 Å². The Morgan fingerprint density at radius 2 is 2.00 bits per heavy atom. The van der Waals surface area contributed by atoms with Gasteiger partial charge in [0, 0.05) is 18.0 Å². The highest BCUT2D eigenvalue weighted by Gasteiger charge is 2.34. The van der Waals surface area contributed by atoms with E-state index >= 15 is 0 Å². The molecule has 0 saturated carbocycles. The second-order valence-electron chi connectivity index (χ2n) is 5.67. The Kier molecular flexibility index (Phi) is 6.70. The molecule has 15 heteroatoms. The molecule has 2 heterocycles. The minimum absolute atomic E-state index is 0.0603. The molecule has 0 aliphatic rings. The predicted octanol–water partition coefficient (Wildman–Crippen LogP) is -2.13. The number of rotatable bonds is 10. The maximum Gasteiger partial charge on any atom is 0.324 e. The summed E-state index contributed by atoms with van der Waals surface area (Å²) in [7, 11) is -4.62. The number of carbonyl (C=O) groups is 2. The highest BCUT2D eigenvalue weighted by molar-refractivity contribution is 7.87. The zero-order valence-electron chi connectivity index (χ0n) is 14.9. The number of nitrogens with two attached hydrogens (primary N) is 1. The smallest absolute Gasteiger partial charge is 0.324 e. The Hall–Kier alpha value is -3.27. The third-order valence-electron chi connectivity index (χ3n) is 3.45. The summed E-state index contributed by atoms with van der Waals surface area (Å²) in [6.45, 7) is 4.47. The fourth-order valence-electron chi connectivity index (χ4n) is 2.00. The number of carboxylic acids is 1. The van der Waals surface area contributed by atoms with E-state index in [4.69, 9.17) is 15.4 Å². The van der Waals surface area contributed by atoms with Crippen molar-refractivity contribution in [1.29, 1.82) is 0 Å². The number of aromatic nitrogens is 4. The summed E-state index contributed by atoms with van der Waals surface area (Å²) in [6, 6.07) is -3.49. The van der Waals surface area contributed by atoms with Crippen molar-refractivity contribution in [3.8, 4) is 11.5 Å². The molecule has 2 aromatic heterocycles. The van der Waals surface area contributed by atoms with Gasteiger partial charge in [0.15, 0.2) is 0 Å². The fraction of sp³-hybridized carbons (Fsp3) is 0.286. The van der Waals surface area contributed by atoms with Gasteiger partial charge in [-0.3, -0.25) is 14.6 Å². The predicted molar refractivity (Wildman–Crippen MR) is 94.7 cm³/mol. The molecule has 3 atom stereocenters. The first kappa shape index (κ1) is 22.0. The van der Waals surface area contributed by atoms with Gasteiger partial charge in [-0.1, -0.05) is 11.7 Å². The van der Waals surface area contributed by atoms with E-state index in [1.165, 1.54) is 18.6 Å². The first-order chi connectivity index (χ1) is 13.5. The molecule has 1 amide bonds. The van der Waals surface area contributed by atoms with Crippen molar-refractivity contribution in [3.63, 3.8) is 0 Å². The van der Waals surface area contributed by atoms with E-state index in [1.807, 2.05) is 4.72 Å². The molecule has 0 aliphatic carbocycles. The second kappa shape index (κ2) is 8.82. The Morgan fingerprint density at radius 3 is 2.52 bits per heavy atom. The molecule has 29 heavy (non-hydrogen) atoms. The van der Waals surface area contributed by atoms with Crippen molar-refractivity contribution in [1.82, 2.24) is 29.6 Å². The standard InChI is InChI=1S/C14H17N7O7S/c1-6(11(15)23)9(20-29(26,27)21-10(7(2)22)14(24)25)13-18-12(19-28-13)8-5-16-3-4-17-8/h3-5,7,9-10,20-22H,1H2,2H3,(H2,15,23)(H,24,25)/t7?,9-,10-/m0/s1. The normalized spacial score (nSPS) is 14.7. The van der Waals surface area contributed by atoms with Gasteiger partial charge >= 0.3 is 5.97 Å². The first-order valence-electron chi connectivity index (χ1n) is 7.81. The summed E-state index contributed by atoms with van der Waals surface area (Å²) in [6.07, 6.45) is 2.52. The molecule has 2 rings (SSSR count). The van der Waals surface area contributed by atoms with Gasteiger partial charge in [0.1, 0.15) is 17.8 Å².